The number of rotatable bonds is 4. The van der Waals surface area contributed by atoms with E-state index < -0.39 is 0 Å². The molecule has 4 saturated carbocycles. The van der Waals surface area contributed by atoms with Gasteiger partial charge in [0.15, 0.2) is 0 Å². The highest BCUT2D eigenvalue weighted by Crippen LogP contribution is 2.70. The molecule has 0 radical (unpaired) electrons. The molecule has 110 valence electrons. The van der Waals surface area contributed by atoms with Gasteiger partial charge in [-0.05, 0) is 73.0 Å². The molecule has 1 nitrogen and oxygen atoms in total. The fourth-order valence-corrected chi connectivity index (χ4v) is 7.08. The van der Waals surface area contributed by atoms with Gasteiger partial charge in [-0.25, -0.2) is 0 Å². The Hall–Kier alpha value is -0.0400. The van der Waals surface area contributed by atoms with Crippen LogP contribution in [0.15, 0.2) is 0 Å². The van der Waals surface area contributed by atoms with Gasteiger partial charge in [0.25, 0.3) is 0 Å². The fourth-order valence-electron chi connectivity index (χ4n) is 7.08. The van der Waals surface area contributed by atoms with E-state index in [1.54, 1.807) is 0 Å². The molecule has 0 saturated heterocycles. The predicted octanol–water partition coefficient (Wildman–Crippen LogP) is 4.78. The SMILES string of the molecule is CCCC(C)C(O)C12CC3CC(C)(CC(C)(C3)C1)C2. The maximum absolute atomic E-state index is 11.0. The molecule has 4 aliphatic carbocycles. The molecule has 0 heterocycles. The molecule has 0 aromatic carbocycles. The first-order valence-corrected chi connectivity index (χ1v) is 8.48. The molecule has 4 atom stereocenters. The second kappa shape index (κ2) is 4.23. The summed E-state index contributed by atoms with van der Waals surface area (Å²) in [6.45, 7) is 9.52. The number of aliphatic hydroxyl groups is 1. The van der Waals surface area contributed by atoms with Gasteiger partial charge in [0, 0.05) is 0 Å². The van der Waals surface area contributed by atoms with Crippen molar-refractivity contribution in [1.29, 1.82) is 0 Å². The highest BCUT2D eigenvalue weighted by Gasteiger charge is 2.62. The van der Waals surface area contributed by atoms with E-state index in [-0.39, 0.29) is 11.5 Å². The summed E-state index contributed by atoms with van der Waals surface area (Å²) < 4.78 is 0. The van der Waals surface area contributed by atoms with Crippen LogP contribution in [-0.2, 0) is 0 Å². The summed E-state index contributed by atoms with van der Waals surface area (Å²) in [7, 11) is 0. The molecular formula is C18H32O. The van der Waals surface area contributed by atoms with Gasteiger partial charge >= 0.3 is 0 Å². The maximum Gasteiger partial charge on any atom is 0.0622 e. The summed E-state index contributed by atoms with van der Waals surface area (Å²) in [5.74, 6) is 1.38. The summed E-state index contributed by atoms with van der Waals surface area (Å²) in [4.78, 5) is 0. The molecule has 4 bridgehead atoms. The third kappa shape index (κ3) is 2.17. The Bertz CT molecular complexity index is 343. The molecule has 4 rings (SSSR count). The second-order valence-corrected chi connectivity index (χ2v) is 9.20. The van der Waals surface area contributed by atoms with Crippen LogP contribution in [0.25, 0.3) is 0 Å². The molecular weight excluding hydrogens is 232 g/mol. The highest BCUT2D eigenvalue weighted by atomic mass is 16.3. The van der Waals surface area contributed by atoms with E-state index in [9.17, 15) is 5.11 Å². The second-order valence-electron chi connectivity index (χ2n) is 9.20. The van der Waals surface area contributed by atoms with Crippen LogP contribution in [-0.4, -0.2) is 11.2 Å². The molecule has 4 fully saturated rings. The molecule has 0 aromatic rings. The van der Waals surface area contributed by atoms with Crippen molar-refractivity contribution in [2.75, 3.05) is 0 Å². The Morgan fingerprint density at radius 2 is 1.63 bits per heavy atom. The molecule has 0 spiro atoms. The maximum atomic E-state index is 11.0. The zero-order valence-electron chi connectivity index (χ0n) is 13.3. The lowest BCUT2D eigenvalue weighted by Gasteiger charge is -2.67. The van der Waals surface area contributed by atoms with Gasteiger partial charge in [-0.2, -0.15) is 0 Å². The summed E-state index contributed by atoms with van der Waals surface area (Å²) in [6.07, 6.45) is 10.5. The summed E-state index contributed by atoms with van der Waals surface area (Å²) >= 11 is 0. The molecule has 0 aliphatic heterocycles. The van der Waals surface area contributed by atoms with Gasteiger partial charge < -0.3 is 5.11 Å². The van der Waals surface area contributed by atoms with Crippen LogP contribution in [0.3, 0.4) is 0 Å². The van der Waals surface area contributed by atoms with Gasteiger partial charge in [-0.1, -0.05) is 34.1 Å². The average Bonchev–Trinajstić information content (AvgIpc) is 2.23. The van der Waals surface area contributed by atoms with E-state index in [0.717, 1.165) is 5.92 Å². The van der Waals surface area contributed by atoms with Crippen molar-refractivity contribution in [2.45, 2.75) is 85.2 Å². The normalized spacial score (nSPS) is 51.3. The lowest BCUT2D eigenvalue weighted by Crippen LogP contribution is -2.59. The Morgan fingerprint density at radius 1 is 1.05 bits per heavy atom. The van der Waals surface area contributed by atoms with Gasteiger partial charge in [0.05, 0.1) is 6.10 Å². The monoisotopic (exact) mass is 264 g/mol. The first-order chi connectivity index (χ1) is 8.80. The van der Waals surface area contributed by atoms with Crippen LogP contribution in [0, 0.1) is 28.1 Å². The largest absolute Gasteiger partial charge is 0.392 e. The molecule has 19 heavy (non-hydrogen) atoms. The van der Waals surface area contributed by atoms with Crippen molar-refractivity contribution >= 4 is 0 Å². The first-order valence-electron chi connectivity index (χ1n) is 8.48. The van der Waals surface area contributed by atoms with E-state index in [1.807, 2.05) is 0 Å². The van der Waals surface area contributed by atoms with Crippen molar-refractivity contribution in [2.24, 2.45) is 28.1 Å². The highest BCUT2D eigenvalue weighted by molar-refractivity contribution is 5.12. The predicted molar refractivity (Wildman–Crippen MR) is 79.9 cm³/mol. The fraction of sp³-hybridized carbons (Fsp3) is 1.00. The molecule has 0 amide bonds. The minimum atomic E-state index is -0.0606. The van der Waals surface area contributed by atoms with Gasteiger partial charge in [-0.3, -0.25) is 0 Å². The molecule has 4 aliphatic rings. The molecule has 1 N–H and O–H groups in total. The van der Waals surface area contributed by atoms with Crippen LogP contribution in [0.4, 0.5) is 0 Å². The summed E-state index contributed by atoms with van der Waals surface area (Å²) in [6, 6.07) is 0. The van der Waals surface area contributed by atoms with Gasteiger partial charge in [0.2, 0.25) is 0 Å². The Labute approximate surface area is 119 Å². The van der Waals surface area contributed by atoms with E-state index >= 15 is 0 Å². The molecule has 0 aromatic heterocycles. The Balaban J connectivity index is 1.88. The first kappa shape index (κ1) is 13.9. The third-order valence-electron chi connectivity index (χ3n) is 6.58. The van der Waals surface area contributed by atoms with Gasteiger partial charge in [-0.15, -0.1) is 0 Å². The van der Waals surface area contributed by atoms with E-state index in [0.29, 0.717) is 16.7 Å². The molecule has 1 heteroatoms. The van der Waals surface area contributed by atoms with Gasteiger partial charge in [0.1, 0.15) is 0 Å². The standard InChI is InChI=1S/C18H32O/c1-5-6-13(2)15(19)18-9-14-7-16(3,11-18)10-17(4,8-14)12-18/h13-15,19H,5-12H2,1-4H3. The topological polar surface area (TPSA) is 20.2 Å². The number of hydrogen-bond donors (Lipinski definition) is 1. The zero-order valence-corrected chi connectivity index (χ0v) is 13.3. The number of aliphatic hydroxyl groups excluding tert-OH is 1. The van der Waals surface area contributed by atoms with Crippen LogP contribution in [0.1, 0.15) is 79.1 Å². The lowest BCUT2D eigenvalue weighted by molar-refractivity contribution is -0.195. The van der Waals surface area contributed by atoms with Crippen LogP contribution >= 0.6 is 0 Å². The summed E-state index contributed by atoms with van der Waals surface area (Å²) in [5, 5.41) is 11.0. The minimum Gasteiger partial charge on any atom is -0.392 e. The van der Waals surface area contributed by atoms with E-state index in [4.69, 9.17) is 0 Å². The number of hydrogen-bond acceptors (Lipinski definition) is 1. The van der Waals surface area contributed by atoms with Crippen LogP contribution in [0.2, 0.25) is 0 Å². The van der Waals surface area contributed by atoms with Crippen LogP contribution < -0.4 is 0 Å². The minimum absolute atomic E-state index is 0.0606. The van der Waals surface area contributed by atoms with E-state index in [1.165, 1.54) is 51.4 Å². The summed E-state index contributed by atoms with van der Waals surface area (Å²) in [5.41, 5.74) is 1.32. The Morgan fingerprint density at radius 3 is 2.11 bits per heavy atom. The van der Waals surface area contributed by atoms with E-state index in [2.05, 4.69) is 27.7 Å². The lowest BCUT2D eigenvalue weighted by atomic mass is 9.39. The Kier molecular flexibility index (Phi) is 3.10. The quantitative estimate of drug-likeness (QED) is 0.774. The third-order valence-corrected chi connectivity index (χ3v) is 6.58. The van der Waals surface area contributed by atoms with Crippen molar-refractivity contribution in [3.8, 4) is 0 Å². The molecule has 4 unspecified atom stereocenters. The van der Waals surface area contributed by atoms with Crippen LogP contribution in [0.5, 0.6) is 0 Å². The van der Waals surface area contributed by atoms with Crippen molar-refractivity contribution < 1.29 is 5.11 Å². The van der Waals surface area contributed by atoms with Crippen molar-refractivity contribution in [3.63, 3.8) is 0 Å². The average molecular weight is 264 g/mol. The zero-order chi connectivity index (χ0) is 13.9. The van der Waals surface area contributed by atoms with Crippen molar-refractivity contribution in [1.82, 2.24) is 0 Å². The smallest absolute Gasteiger partial charge is 0.0622 e. The van der Waals surface area contributed by atoms with Crippen molar-refractivity contribution in [3.05, 3.63) is 0 Å².